The molecule has 2 aromatic rings. The monoisotopic (exact) mass is 280 g/mol. The summed E-state index contributed by atoms with van der Waals surface area (Å²) in [5.41, 5.74) is 5.47. The largest absolute Gasteiger partial charge is 0.497 e. The smallest absolute Gasteiger partial charge is 0.150 e. The van der Waals surface area contributed by atoms with Crippen molar-refractivity contribution in [1.29, 1.82) is 0 Å². The first-order valence-electron chi connectivity index (χ1n) is 6.99. The van der Waals surface area contributed by atoms with Crippen LogP contribution < -0.4 is 4.74 Å². The standard InChI is InChI=1S/C19H20O2/c1-14(2)19(15-8-10-18(21-3)11-9-15)12-16-6-4-5-7-17(16)13-20/h4-11,13H,12H2,1-3H3. The van der Waals surface area contributed by atoms with Crippen LogP contribution in [0.4, 0.5) is 0 Å². The third-order valence-corrected chi connectivity index (χ3v) is 3.59. The van der Waals surface area contributed by atoms with Crippen LogP contribution in [0.25, 0.3) is 5.57 Å². The molecule has 0 bridgehead atoms. The Kier molecular flexibility index (Phi) is 4.94. The van der Waals surface area contributed by atoms with Crippen LogP contribution in [0.1, 0.15) is 35.3 Å². The molecule has 0 N–H and O–H groups in total. The van der Waals surface area contributed by atoms with E-state index < -0.39 is 0 Å². The van der Waals surface area contributed by atoms with Crippen LogP contribution in [0.3, 0.4) is 0 Å². The summed E-state index contributed by atoms with van der Waals surface area (Å²) in [6, 6.07) is 15.8. The van der Waals surface area contributed by atoms with Crippen molar-refractivity contribution < 1.29 is 9.53 Å². The molecule has 108 valence electrons. The number of methoxy groups -OCH3 is 1. The van der Waals surface area contributed by atoms with E-state index in [-0.39, 0.29) is 0 Å². The minimum Gasteiger partial charge on any atom is -0.497 e. The fraction of sp³-hybridized carbons (Fsp3) is 0.211. The SMILES string of the molecule is COc1ccc(C(Cc2ccccc2C=O)=C(C)C)cc1. The van der Waals surface area contributed by atoms with Crippen LogP contribution >= 0.6 is 0 Å². The normalized spacial score (nSPS) is 10.0. The van der Waals surface area contributed by atoms with Crippen molar-refractivity contribution in [3.63, 3.8) is 0 Å². The molecule has 0 saturated heterocycles. The van der Waals surface area contributed by atoms with Crippen molar-refractivity contribution in [2.75, 3.05) is 7.11 Å². The van der Waals surface area contributed by atoms with Crippen LogP contribution in [0.5, 0.6) is 5.75 Å². The molecule has 0 fully saturated rings. The van der Waals surface area contributed by atoms with Gasteiger partial charge in [0.25, 0.3) is 0 Å². The molecule has 0 unspecified atom stereocenters. The van der Waals surface area contributed by atoms with Crippen molar-refractivity contribution >= 4 is 11.9 Å². The zero-order valence-corrected chi connectivity index (χ0v) is 12.7. The highest BCUT2D eigenvalue weighted by molar-refractivity contribution is 5.80. The summed E-state index contributed by atoms with van der Waals surface area (Å²) in [6.45, 7) is 4.20. The van der Waals surface area contributed by atoms with E-state index in [0.717, 1.165) is 35.1 Å². The summed E-state index contributed by atoms with van der Waals surface area (Å²) in [5, 5.41) is 0. The number of benzene rings is 2. The Morgan fingerprint density at radius 1 is 1.05 bits per heavy atom. The highest BCUT2D eigenvalue weighted by Crippen LogP contribution is 2.26. The molecular weight excluding hydrogens is 260 g/mol. The summed E-state index contributed by atoms with van der Waals surface area (Å²) in [6.07, 6.45) is 1.68. The Balaban J connectivity index is 2.36. The maximum absolute atomic E-state index is 11.2. The summed E-state index contributed by atoms with van der Waals surface area (Å²) >= 11 is 0. The lowest BCUT2D eigenvalue weighted by atomic mass is 9.92. The van der Waals surface area contributed by atoms with Gasteiger partial charge in [-0.25, -0.2) is 0 Å². The number of hydrogen-bond acceptors (Lipinski definition) is 2. The van der Waals surface area contributed by atoms with E-state index in [4.69, 9.17) is 4.74 Å². The predicted molar refractivity (Wildman–Crippen MR) is 86.8 cm³/mol. The molecule has 0 aliphatic heterocycles. The highest BCUT2D eigenvalue weighted by Gasteiger charge is 2.08. The highest BCUT2D eigenvalue weighted by atomic mass is 16.5. The maximum Gasteiger partial charge on any atom is 0.150 e. The number of hydrogen-bond donors (Lipinski definition) is 0. The molecule has 0 heterocycles. The average molecular weight is 280 g/mol. The van der Waals surface area contributed by atoms with Gasteiger partial charge in [0.2, 0.25) is 0 Å². The fourth-order valence-corrected chi connectivity index (χ4v) is 2.36. The first-order chi connectivity index (χ1) is 10.2. The van der Waals surface area contributed by atoms with Crippen molar-refractivity contribution in [2.45, 2.75) is 20.3 Å². The van der Waals surface area contributed by atoms with Gasteiger partial charge in [-0.2, -0.15) is 0 Å². The van der Waals surface area contributed by atoms with Gasteiger partial charge in [-0.15, -0.1) is 0 Å². The Morgan fingerprint density at radius 3 is 2.29 bits per heavy atom. The van der Waals surface area contributed by atoms with Crippen molar-refractivity contribution in [3.05, 3.63) is 70.8 Å². The molecule has 2 heteroatoms. The third kappa shape index (κ3) is 3.60. The second kappa shape index (κ2) is 6.89. The van der Waals surface area contributed by atoms with Gasteiger partial charge in [0.1, 0.15) is 12.0 Å². The Morgan fingerprint density at radius 2 is 1.71 bits per heavy atom. The molecule has 0 saturated carbocycles. The first kappa shape index (κ1) is 15.0. The second-order valence-corrected chi connectivity index (χ2v) is 5.20. The molecule has 0 aromatic heterocycles. The van der Waals surface area contributed by atoms with Crippen molar-refractivity contribution in [1.82, 2.24) is 0 Å². The summed E-state index contributed by atoms with van der Waals surface area (Å²) in [7, 11) is 1.66. The molecule has 2 aromatic carbocycles. The number of carbonyl (C=O) groups is 1. The molecule has 0 amide bonds. The third-order valence-electron chi connectivity index (χ3n) is 3.59. The lowest BCUT2D eigenvalue weighted by molar-refractivity contribution is 0.112. The van der Waals surface area contributed by atoms with Crippen LogP contribution in [0, 0.1) is 0 Å². The minimum atomic E-state index is 0.754. The average Bonchev–Trinajstić information content (AvgIpc) is 2.53. The zero-order chi connectivity index (χ0) is 15.2. The van der Waals surface area contributed by atoms with E-state index in [0.29, 0.717) is 0 Å². The molecule has 21 heavy (non-hydrogen) atoms. The van der Waals surface area contributed by atoms with E-state index in [2.05, 4.69) is 26.0 Å². The quantitative estimate of drug-likeness (QED) is 0.751. The van der Waals surface area contributed by atoms with Gasteiger partial charge in [-0.3, -0.25) is 4.79 Å². The van der Waals surface area contributed by atoms with Crippen LogP contribution in [-0.2, 0) is 6.42 Å². The van der Waals surface area contributed by atoms with Crippen LogP contribution in [0.2, 0.25) is 0 Å². The molecule has 0 radical (unpaired) electrons. The van der Waals surface area contributed by atoms with Gasteiger partial charge in [-0.1, -0.05) is 42.0 Å². The van der Waals surface area contributed by atoms with Gasteiger partial charge in [0.15, 0.2) is 0 Å². The number of allylic oxidation sites excluding steroid dienone is 2. The molecule has 0 aliphatic carbocycles. The fourth-order valence-electron chi connectivity index (χ4n) is 2.36. The van der Waals surface area contributed by atoms with E-state index in [1.54, 1.807) is 7.11 Å². The van der Waals surface area contributed by atoms with Gasteiger partial charge >= 0.3 is 0 Å². The van der Waals surface area contributed by atoms with Crippen molar-refractivity contribution in [3.8, 4) is 5.75 Å². The topological polar surface area (TPSA) is 26.3 Å². The minimum absolute atomic E-state index is 0.754. The predicted octanol–water partition coefficient (Wildman–Crippen LogP) is 4.54. The van der Waals surface area contributed by atoms with Crippen molar-refractivity contribution in [2.24, 2.45) is 0 Å². The van der Waals surface area contributed by atoms with Crippen LogP contribution in [0.15, 0.2) is 54.1 Å². The van der Waals surface area contributed by atoms with Gasteiger partial charge in [-0.05, 0) is 49.1 Å². The zero-order valence-electron chi connectivity index (χ0n) is 12.7. The lowest BCUT2D eigenvalue weighted by Crippen LogP contribution is -1.97. The lowest BCUT2D eigenvalue weighted by Gasteiger charge is -2.13. The molecule has 2 nitrogen and oxygen atoms in total. The van der Waals surface area contributed by atoms with E-state index >= 15 is 0 Å². The summed E-state index contributed by atoms with van der Waals surface area (Å²) in [4.78, 5) is 11.2. The maximum atomic E-state index is 11.2. The number of ether oxygens (including phenoxy) is 1. The Labute approximate surface area is 126 Å². The van der Waals surface area contributed by atoms with Crippen LogP contribution in [-0.4, -0.2) is 13.4 Å². The number of rotatable bonds is 5. The van der Waals surface area contributed by atoms with Gasteiger partial charge in [0, 0.05) is 5.56 Å². The van der Waals surface area contributed by atoms with E-state index in [9.17, 15) is 4.79 Å². The summed E-state index contributed by atoms with van der Waals surface area (Å²) in [5.74, 6) is 0.847. The van der Waals surface area contributed by atoms with E-state index in [1.165, 1.54) is 11.1 Å². The first-order valence-corrected chi connectivity index (χ1v) is 6.99. The molecule has 0 aliphatic rings. The van der Waals surface area contributed by atoms with Gasteiger partial charge in [0.05, 0.1) is 7.11 Å². The Hall–Kier alpha value is -2.35. The van der Waals surface area contributed by atoms with Gasteiger partial charge < -0.3 is 4.74 Å². The van der Waals surface area contributed by atoms with E-state index in [1.807, 2.05) is 36.4 Å². The molecule has 0 atom stereocenters. The Bertz CT molecular complexity index is 648. The number of carbonyl (C=O) groups excluding carboxylic acids is 1. The summed E-state index contributed by atoms with van der Waals surface area (Å²) < 4.78 is 5.20. The molecule has 2 rings (SSSR count). The molecule has 0 spiro atoms. The number of aldehydes is 1. The molecular formula is C19H20O2. The second-order valence-electron chi connectivity index (χ2n) is 5.20.